The number of carbonyl (C=O) groups is 4. The van der Waals surface area contributed by atoms with Crippen LogP contribution in [0.1, 0.15) is 26.3 Å². The first kappa shape index (κ1) is 22.4. The fourth-order valence-electron chi connectivity index (χ4n) is 2.76. The number of aliphatic carboxylic acids is 2. The van der Waals surface area contributed by atoms with Crippen molar-refractivity contribution in [1.82, 2.24) is 0 Å². The normalized spacial score (nSPS) is 18.4. The highest BCUT2D eigenvalue weighted by Gasteiger charge is 2.57. The van der Waals surface area contributed by atoms with E-state index in [1.165, 1.54) is 0 Å². The summed E-state index contributed by atoms with van der Waals surface area (Å²) < 4.78 is 86.4. The third kappa shape index (κ3) is 3.15. The second-order valence-corrected chi connectivity index (χ2v) is 5.65. The molecule has 0 bridgehead atoms. The number of alkyl halides is 3. The zero-order chi connectivity index (χ0) is 23.3. The van der Waals surface area contributed by atoms with E-state index in [1.807, 2.05) is 0 Å². The molecule has 0 saturated carbocycles. The molecule has 30 heavy (non-hydrogen) atoms. The molecule has 1 atom stereocenters. The average molecular weight is 440 g/mol. The minimum absolute atomic E-state index is 0.397. The quantitative estimate of drug-likeness (QED) is 0.511. The Morgan fingerprint density at radius 1 is 0.833 bits per heavy atom. The topological polar surface area (TPSA) is 149 Å². The van der Waals surface area contributed by atoms with Crippen LogP contribution in [0.15, 0.2) is 23.0 Å². The number of hydrogen-bond donors (Lipinski definition) is 4. The molecule has 8 nitrogen and oxygen atoms in total. The van der Waals surface area contributed by atoms with Crippen LogP contribution in [0.3, 0.4) is 0 Å². The molecule has 0 saturated heterocycles. The SMILES string of the molecule is O=C(O)C1=C(C(=O)O)C(F)C(F)(F)C(c2cc(F)c(C(=O)O)c(C(=O)O)c2F)=C1F. The second-order valence-electron chi connectivity index (χ2n) is 5.65. The van der Waals surface area contributed by atoms with Crippen molar-refractivity contribution in [3.05, 3.63) is 51.4 Å². The largest absolute Gasteiger partial charge is 0.478 e. The van der Waals surface area contributed by atoms with Crippen molar-refractivity contribution in [3.63, 3.8) is 0 Å². The Bertz CT molecular complexity index is 1090. The van der Waals surface area contributed by atoms with E-state index in [-0.39, 0.29) is 0 Å². The maximum atomic E-state index is 14.6. The summed E-state index contributed by atoms with van der Waals surface area (Å²) in [5, 5.41) is 35.4. The standard InChI is InChI=1S/C16H6F6O8/c17-3-1-2(9(18)5(13(25)26)4(3)12(23)24)8-10(19)6(14(27)28)7(15(29)30)11(20)16(8,21)22/h1,11H,(H,23,24)(H,25,26)(H,27,28)(H,29,30). The molecule has 160 valence electrons. The third-order valence-electron chi connectivity index (χ3n) is 3.97. The lowest BCUT2D eigenvalue weighted by molar-refractivity contribution is -0.138. The molecule has 0 amide bonds. The smallest absolute Gasteiger partial charge is 0.339 e. The van der Waals surface area contributed by atoms with Crippen LogP contribution in [0, 0.1) is 11.6 Å². The van der Waals surface area contributed by atoms with Crippen molar-refractivity contribution in [2.75, 3.05) is 0 Å². The molecule has 0 aromatic heterocycles. The van der Waals surface area contributed by atoms with Gasteiger partial charge in [0.1, 0.15) is 34.2 Å². The molecule has 0 spiro atoms. The highest BCUT2D eigenvalue weighted by atomic mass is 19.3. The summed E-state index contributed by atoms with van der Waals surface area (Å²) in [4.78, 5) is 44.2. The van der Waals surface area contributed by atoms with Crippen LogP contribution in [-0.4, -0.2) is 56.4 Å². The van der Waals surface area contributed by atoms with Gasteiger partial charge in [0.2, 0.25) is 6.17 Å². The first-order chi connectivity index (χ1) is 13.7. The van der Waals surface area contributed by atoms with Crippen LogP contribution in [0.5, 0.6) is 0 Å². The second kappa shape index (κ2) is 7.20. The van der Waals surface area contributed by atoms with Gasteiger partial charge in [-0.1, -0.05) is 0 Å². The molecule has 1 aliphatic carbocycles. The number of hydrogen-bond acceptors (Lipinski definition) is 4. The number of halogens is 6. The maximum Gasteiger partial charge on any atom is 0.339 e. The Morgan fingerprint density at radius 3 is 1.73 bits per heavy atom. The van der Waals surface area contributed by atoms with Gasteiger partial charge in [0.15, 0.2) is 0 Å². The summed E-state index contributed by atoms with van der Waals surface area (Å²) in [5.74, 6) is -22.6. The average Bonchev–Trinajstić information content (AvgIpc) is 2.58. The molecule has 1 aliphatic rings. The Balaban J connectivity index is 3.09. The Kier molecular flexibility index (Phi) is 5.39. The highest BCUT2D eigenvalue weighted by molar-refractivity contribution is 6.07. The van der Waals surface area contributed by atoms with Crippen molar-refractivity contribution >= 4 is 29.5 Å². The zero-order valence-corrected chi connectivity index (χ0v) is 13.8. The minimum atomic E-state index is -5.31. The fraction of sp³-hybridized carbons (Fsp3) is 0.125. The van der Waals surface area contributed by atoms with Gasteiger partial charge in [0, 0.05) is 5.56 Å². The van der Waals surface area contributed by atoms with Gasteiger partial charge in [-0.2, -0.15) is 8.78 Å². The summed E-state index contributed by atoms with van der Waals surface area (Å²) in [7, 11) is 0. The molecule has 4 N–H and O–H groups in total. The van der Waals surface area contributed by atoms with Gasteiger partial charge in [-0.3, -0.25) is 0 Å². The van der Waals surface area contributed by atoms with E-state index in [4.69, 9.17) is 20.4 Å². The van der Waals surface area contributed by atoms with E-state index < -0.39 is 92.9 Å². The van der Waals surface area contributed by atoms with E-state index in [0.717, 1.165) is 0 Å². The number of carboxylic acids is 4. The number of benzene rings is 1. The lowest BCUT2D eigenvalue weighted by Crippen LogP contribution is -2.41. The molecular formula is C16H6F6O8. The van der Waals surface area contributed by atoms with Gasteiger partial charge in [-0.05, 0) is 6.07 Å². The van der Waals surface area contributed by atoms with E-state index in [0.29, 0.717) is 0 Å². The summed E-state index contributed by atoms with van der Waals surface area (Å²) in [5.41, 5.74) is -12.8. The predicted octanol–water partition coefficient (Wildman–Crippen LogP) is 2.49. The minimum Gasteiger partial charge on any atom is -0.478 e. The molecule has 1 unspecified atom stereocenters. The number of rotatable bonds is 5. The van der Waals surface area contributed by atoms with Crippen LogP contribution in [0.4, 0.5) is 26.3 Å². The summed E-state index contributed by atoms with van der Waals surface area (Å²) in [6.07, 6.45) is -4.06. The van der Waals surface area contributed by atoms with Crippen LogP contribution in [0.25, 0.3) is 5.57 Å². The highest BCUT2D eigenvalue weighted by Crippen LogP contribution is 2.49. The molecule has 0 heterocycles. The van der Waals surface area contributed by atoms with E-state index in [9.17, 15) is 45.5 Å². The first-order valence-corrected chi connectivity index (χ1v) is 7.28. The van der Waals surface area contributed by atoms with Crippen LogP contribution < -0.4 is 0 Å². The van der Waals surface area contributed by atoms with Crippen LogP contribution in [-0.2, 0) is 9.59 Å². The molecule has 2 rings (SSSR count). The number of aromatic carboxylic acids is 2. The van der Waals surface area contributed by atoms with Gasteiger partial charge in [-0.15, -0.1) is 0 Å². The maximum absolute atomic E-state index is 14.6. The van der Waals surface area contributed by atoms with Crippen molar-refractivity contribution in [2.45, 2.75) is 12.1 Å². The van der Waals surface area contributed by atoms with Crippen molar-refractivity contribution < 1.29 is 65.9 Å². The summed E-state index contributed by atoms with van der Waals surface area (Å²) >= 11 is 0. The van der Waals surface area contributed by atoms with Gasteiger partial charge in [0.05, 0.1) is 11.1 Å². The Morgan fingerprint density at radius 2 is 1.33 bits per heavy atom. The lowest BCUT2D eigenvalue weighted by atomic mass is 9.82. The molecule has 0 radical (unpaired) electrons. The van der Waals surface area contributed by atoms with E-state index in [1.54, 1.807) is 0 Å². The molecule has 0 fully saturated rings. The van der Waals surface area contributed by atoms with Crippen LogP contribution >= 0.6 is 0 Å². The fourth-order valence-corrected chi connectivity index (χ4v) is 2.76. The van der Waals surface area contributed by atoms with Crippen molar-refractivity contribution in [2.24, 2.45) is 0 Å². The van der Waals surface area contributed by atoms with Gasteiger partial charge in [0.25, 0.3) is 0 Å². The lowest BCUT2D eigenvalue weighted by Gasteiger charge is -2.30. The van der Waals surface area contributed by atoms with Gasteiger partial charge < -0.3 is 20.4 Å². The molecular weight excluding hydrogens is 434 g/mol. The zero-order valence-electron chi connectivity index (χ0n) is 13.8. The van der Waals surface area contributed by atoms with Gasteiger partial charge >= 0.3 is 29.8 Å². The molecule has 1 aromatic rings. The summed E-state index contributed by atoms with van der Waals surface area (Å²) in [6, 6.07) is -0.397. The summed E-state index contributed by atoms with van der Waals surface area (Å²) in [6.45, 7) is 0. The predicted molar refractivity (Wildman–Crippen MR) is 80.4 cm³/mol. The van der Waals surface area contributed by atoms with Crippen molar-refractivity contribution in [1.29, 1.82) is 0 Å². The van der Waals surface area contributed by atoms with Gasteiger partial charge in [-0.25, -0.2) is 36.7 Å². The first-order valence-electron chi connectivity index (χ1n) is 7.28. The van der Waals surface area contributed by atoms with Crippen LogP contribution in [0.2, 0.25) is 0 Å². The molecule has 1 aromatic carbocycles. The number of allylic oxidation sites excluding steroid dienone is 1. The third-order valence-corrected chi connectivity index (χ3v) is 3.97. The molecule has 0 aliphatic heterocycles. The van der Waals surface area contributed by atoms with Crippen molar-refractivity contribution in [3.8, 4) is 0 Å². The molecule has 14 heteroatoms. The monoisotopic (exact) mass is 440 g/mol. The van der Waals surface area contributed by atoms with E-state index in [2.05, 4.69) is 0 Å². The van der Waals surface area contributed by atoms with E-state index >= 15 is 0 Å². The Hall–Kier alpha value is -3.84. The number of carboxylic acid groups (broad SMARTS) is 4. The Labute approximate surface area is 160 Å².